The fraction of sp³-hybridized carbons (Fsp3) is 0.207. The number of halogens is 1. The first-order valence-corrected chi connectivity index (χ1v) is 12.0. The number of hydrogen-bond donors (Lipinski definition) is 1. The Morgan fingerprint density at radius 3 is 2.22 bits per heavy atom. The van der Waals surface area contributed by atoms with E-state index in [1.807, 2.05) is 74.5 Å². The summed E-state index contributed by atoms with van der Waals surface area (Å²) in [4.78, 5) is 27.6. The van der Waals surface area contributed by atoms with Gasteiger partial charge < -0.3 is 10.2 Å². The van der Waals surface area contributed by atoms with E-state index >= 15 is 0 Å². The van der Waals surface area contributed by atoms with Crippen LogP contribution in [0.15, 0.2) is 91.0 Å². The molecule has 2 amide bonds. The second-order valence-electron chi connectivity index (χ2n) is 8.82. The number of aryl methyl sites for hydroxylation is 1. The van der Waals surface area contributed by atoms with Crippen molar-refractivity contribution < 1.29 is 14.0 Å². The molecule has 0 aliphatic rings. The molecule has 0 aliphatic heterocycles. The third-order valence-corrected chi connectivity index (χ3v) is 5.85. The number of aromatic nitrogens is 2. The van der Waals surface area contributed by atoms with E-state index in [0.29, 0.717) is 30.0 Å². The molecule has 0 atom stereocenters. The average Bonchev–Trinajstić information content (AvgIpc) is 3.31. The van der Waals surface area contributed by atoms with Gasteiger partial charge in [0.25, 0.3) is 0 Å². The summed E-state index contributed by atoms with van der Waals surface area (Å²) in [5.41, 5.74) is 3.23. The van der Waals surface area contributed by atoms with Crippen LogP contribution in [0.5, 0.6) is 0 Å². The molecule has 3 aromatic carbocycles. The van der Waals surface area contributed by atoms with Gasteiger partial charge in [0, 0.05) is 24.1 Å². The second-order valence-corrected chi connectivity index (χ2v) is 8.82. The Bertz CT molecular complexity index is 1300. The number of hydrogen-bond acceptors (Lipinski definition) is 3. The zero-order chi connectivity index (χ0) is 25.5. The smallest absolute Gasteiger partial charge is 0.245 e. The van der Waals surface area contributed by atoms with E-state index in [1.54, 1.807) is 27.8 Å². The van der Waals surface area contributed by atoms with Crippen LogP contribution in [0.2, 0.25) is 0 Å². The van der Waals surface area contributed by atoms with Crippen molar-refractivity contribution in [3.63, 3.8) is 0 Å². The Morgan fingerprint density at radius 2 is 1.58 bits per heavy atom. The normalized spacial score (nSPS) is 10.9. The number of rotatable bonds is 9. The summed E-state index contributed by atoms with van der Waals surface area (Å²) in [7, 11) is 0. The number of anilines is 1. The minimum Gasteiger partial charge on any atom is -0.331 e. The maximum atomic E-state index is 13.5. The summed E-state index contributed by atoms with van der Waals surface area (Å²) in [5.74, 6) is -0.340. The molecule has 6 nitrogen and oxygen atoms in total. The maximum Gasteiger partial charge on any atom is 0.245 e. The van der Waals surface area contributed by atoms with Crippen LogP contribution in [0.3, 0.4) is 0 Å². The SMILES string of the molecule is CC(C)N(CC(=O)Nc1cc(-c2ccccc2)nn1-c1ccc(F)cc1)C(=O)CCc1ccccc1. The number of nitrogens with one attached hydrogen (secondary N) is 1. The van der Waals surface area contributed by atoms with Gasteiger partial charge in [-0.1, -0.05) is 60.7 Å². The Balaban J connectivity index is 1.52. The zero-order valence-electron chi connectivity index (χ0n) is 20.4. The molecule has 0 radical (unpaired) electrons. The van der Waals surface area contributed by atoms with Crippen molar-refractivity contribution in [1.82, 2.24) is 14.7 Å². The predicted molar refractivity (Wildman–Crippen MR) is 139 cm³/mol. The maximum absolute atomic E-state index is 13.5. The fourth-order valence-corrected chi connectivity index (χ4v) is 3.93. The summed E-state index contributed by atoms with van der Waals surface area (Å²) >= 11 is 0. The first-order chi connectivity index (χ1) is 17.4. The van der Waals surface area contributed by atoms with Gasteiger partial charge in [-0.25, -0.2) is 9.07 Å². The van der Waals surface area contributed by atoms with E-state index in [9.17, 15) is 14.0 Å². The van der Waals surface area contributed by atoms with Gasteiger partial charge in [-0.05, 0) is 50.1 Å². The lowest BCUT2D eigenvalue weighted by Gasteiger charge is -2.26. The number of carbonyl (C=O) groups is 2. The van der Waals surface area contributed by atoms with Crippen LogP contribution in [0.4, 0.5) is 10.2 Å². The molecule has 0 fully saturated rings. The van der Waals surface area contributed by atoms with Gasteiger partial charge in [-0.3, -0.25) is 9.59 Å². The molecule has 36 heavy (non-hydrogen) atoms. The standard InChI is InChI=1S/C29H29FN4O2/c1-21(2)33(29(36)18-13-22-9-5-3-6-10-22)20-28(35)31-27-19-26(23-11-7-4-8-12-23)32-34(27)25-16-14-24(30)15-17-25/h3-12,14-17,19,21H,13,18,20H2,1-2H3,(H,31,35). The Labute approximate surface area is 210 Å². The van der Waals surface area contributed by atoms with Crippen LogP contribution in [0.25, 0.3) is 16.9 Å². The van der Waals surface area contributed by atoms with E-state index in [4.69, 9.17) is 0 Å². The van der Waals surface area contributed by atoms with Gasteiger partial charge in [0.1, 0.15) is 18.2 Å². The molecule has 7 heteroatoms. The molecule has 0 spiro atoms. The first-order valence-electron chi connectivity index (χ1n) is 12.0. The minimum absolute atomic E-state index is 0.0824. The highest BCUT2D eigenvalue weighted by Gasteiger charge is 2.21. The van der Waals surface area contributed by atoms with Gasteiger partial charge in [0.2, 0.25) is 11.8 Å². The van der Waals surface area contributed by atoms with E-state index in [2.05, 4.69) is 10.4 Å². The van der Waals surface area contributed by atoms with Gasteiger partial charge in [-0.2, -0.15) is 5.10 Å². The topological polar surface area (TPSA) is 67.2 Å². The van der Waals surface area contributed by atoms with Gasteiger partial charge >= 0.3 is 0 Å². The van der Waals surface area contributed by atoms with Crippen LogP contribution in [0, 0.1) is 5.82 Å². The minimum atomic E-state index is -0.360. The Kier molecular flexibility index (Phi) is 7.90. The van der Waals surface area contributed by atoms with Crippen molar-refractivity contribution in [2.75, 3.05) is 11.9 Å². The average molecular weight is 485 g/mol. The lowest BCUT2D eigenvalue weighted by Crippen LogP contribution is -2.42. The van der Waals surface area contributed by atoms with Crippen LogP contribution in [-0.4, -0.2) is 39.1 Å². The van der Waals surface area contributed by atoms with Crippen LogP contribution < -0.4 is 5.32 Å². The van der Waals surface area contributed by atoms with Gasteiger partial charge in [-0.15, -0.1) is 0 Å². The number of nitrogens with zero attached hydrogens (tertiary/aromatic N) is 3. The zero-order valence-corrected chi connectivity index (χ0v) is 20.4. The van der Waals surface area contributed by atoms with Gasteiger partial charge in [0.05, 0.1) is 11.4 Å². The van der Waals surface area contributed by atoms with Crippen molar-refractivity contribution in [1.29, 1.82) is 0 Å². The van der Waals surface area contributed by atoms with Crippen molar-refractivity contribution >= 4 is 17.6 Å². The second kappa shape index (κ2) is 11.4. The highest BCUT2D eigenvalue weighted by Crippen LogP contribution is 2.25. The molecule has 4 rings (SSSR count). The quantitative estimate of drug-likeness (QED) is 0.342. The highest BCUT2D eigenvalue weighted by molar-refractivity contribution is 5.94. The monoisotopic (exact) mass is 484 g/mol. The highest BCUT2D eigenvalue weighted by atomic mass is 19.1. The molecule has 0 aliphatic carbocycles. The molecule has 1 aromatic heterocycles. The molecule has 0 saturated heterocycles. The van der Waals surface area contributed by atoms with Crippen molar-refractivity contribution in [2.24, 2.45) is 0 Å². The molecule has 0 unspecified atom stereocenters. The van der Waals surface area contributed by atoms with Crippen LogP contribution >= 0.6 is 0 Å². The molecule has 4 aromatic rings. The summed E-state index contributed by atoms with van der Waals surface area (Å²) in [6, 6.07) is 26.9. The molecular weight excluding hydrogens is 455 g/mol. The first kappa shape index (κ1) is 24.9. The van der Waals surface area contributed by atoms with Crippen molar-refractivity contribution in [2.45, 2.75) is 32.7 Å². The van der Waals surface area contributed by atoms with E-state index in [-0.39, 0.29) is 30.2 Å². The molecule has 0 saturated carbocycles. The molecule has 1 N–H and O–H groups in total. The summed E-state index contributed by atoms with van der Waals surface area (Å²) in [5, 5.41) is 7.55. The summed E-state index contributed by atoms with van der Waals surface area (Å²) < 4.78 is 15.1. The third-order valence-electron chi connectivity index (χ3n) is 5.85. The Morgan fingerprint density at radius 1 is 0.944 bits per heavy atom. The van der Waals surface area contributed by atoms with Crippen molar-refractivity contribution in [3.05, 3.63) is 102 Å². The molecule has 184 valence electrons. The Hall–Kier alpha value is -4.26. The van der Waals surface area contributed by atoms with E-state index < -0.39 is 0 Å². The molecule has 1 heterocycles. The van der Waals surface area contributed by atoms with Crippen LogP contribution in [-0.2, 0) is 16.0 Å². The van der Waals surface area contributed by atoms with Crippen LogP contribution in [0.1, 0.15) is 25.8 Å². The summed E-state index contributed by atoms with van der Waals surface area (Å²) in [6.45, 7) is 3.70. The fourth-order valence-electron chi connectivity index (χ4n) is 3.93. The number of carbonyl (C=O) groups excluding carboxylic acids is 2. The number of benzene rings is 3. The van der Waals surface area contributed by atoms with Crippen molar-refractivity contribution in [3.8, 4) is 16.9 Å². The lowest BCUT2D eigenvalue weighted by molar-refractivity contribution is -0.136. The number of amides is 2. The van der Waals surface area contributed by atoms with E-state index in [0.717, 1.165) is 11.1 Å². The lowest BCUT2D eigenvalue weighted by atomic mass is 10.1. The molecule has 0 bridgehead atoms. The third kappa shape index (κ3) is 6.24. The van der Waals surface area contributed by atoms with E-state index in [1.165, 1.54) is 12.1 Å². The summed E-state index contributed by atoms with van der Waals surface area (Å²) in [6.07, 6.45) is 0.934. The molecular formula is C29H29FN4O2. The van der Waals surface area contributed by atoms with Gasteiger partial charge in [0.15, 0.2) is 0 Å². The largest absolute Gasteiger partial charge is 0.331 e. The predicted octanol–water partition coefficient (Wildman–Crippen LogP) is 5.49.